The van der Waals surface area contributed by atoms with Crippen LogP contribution in [0.3, 0.4) is 0 Å². The lowest BCUT2D eigenvalue weighted by Crippen LogP contribution is -2.12. The molecule has 0 saturated carbocycles. The Bertz CT molecular complexity index is 1150. The van der Waals surface area contributed by atoms with Crippen LogP contribution in [-0.2, 0) is 10.3 Å². The third kappa shape index (κ3) is 2.09. The van der Waals surface area contributed by atoms with Gasteiger partial charge in [-0.2, -0.15) is 0 Å². The van der Waals surface area contributed by atoms with Gasteiger partial charge in [-0.05, 0) is 51.1 Å². The fraction of sp³-hybridized carbons (Fsp3) is 0.154. The maximum atomic E-state index is 5.91. The highest BCUT2D eigenvalue weighted by Gasteiger charge is 2.45. The van der Waals surface area contributed by atoms with E-state index in [1.165, 1.54) is 44.2 Å². The van der Waals surface area contributed by atoms with E-state index >= 15 is 0 Å². The Morgan fingerprint density at radius 1 is 0.741 bits per heavy atom. The van der Waals surface area contributed by atoms with E-state index in [2.05, 4.69) is 91.9 Å². The summed E-state index contributed by atoms with van der Waals surface area (Å²) in [4.78, 5) is 0. The van der Waals surface area contributed by atoms with Crippen LogP contribution in [0.2, 0.25) is 0 Å². The fourth-order valence-electron chi connectivity index (χ4n) is 4.80. The van der Waals surface area contributed by atoms with Crippen molar-refractivity contribution in [2.24, 2.45) is 0 Å². The van der Waals surface area contributed by atoms with Crippen LogP contribution in [0.4, 0.5) is 0 Å². The van der Waals surface area contributed by atoms with Gasteiger partial charge in [0.2, 0.25) is 0 Å². The number of fused-ring (bicyclic) bond motifs is 4. The molecule has 0 bridgehead atoms. The maximum Gasteiger partial charge on any atom is 0.114 e. The molecule has 1 unspecified atom stereocenters. The summed E-state index contributed by atoms with van der Waals surface area (Å²) in [5.74, 6) is 0.250. The fourth-order valence-corrected chi connectivity index (χ4v) is 4.80. The molecular formula is C26H20O. The molecule has 1 atom stereocenters. The van der Waals surface area contributed by atoms with Gasteiger partial charge in [0.15, 0.2) is 0 Å². The average molecular weight is 348 g/mol. The highest BCUT2D eigenvalue weighted by atomic mass is 16.6. The standard InChI is InChI=1S/C26H20O/c1-26(16-27-26)23-15-14-17-8-2-3-9-18(17)25(23)24-21-12-6-4-10-19(21)20-11-5-7-13-22(20)24/h2-15,24H,16H2,1H3. The highest BCUT2D eigenvalue weighted by molar-refractivity contribution is 5.91. The van der Waals surface area contributed by atoms with Crippen LogP contribution in [0, 0.1) is 0 Å². The van der Waals surface area contributed by atoms with Crippen LogP contribution in [0.15, 0.2) is 84.9 Å². The zero-order chi connectivity index (χ0) is 18.0. The summed E-state index contributed by atoms with van der Waals surface area (Å²) in [7, 11) is 0. The zero-order valence-corrected chi connectivity index (χ0v) is 15.3. The van der Waals surface area contributed by atoms with Crippen molar-refractivity contribution in [1.29, 1.82) is 0 Å². The minimum atomic E-state index is -0.161. The molecule has 1 nitrogen and oxygen atoms in total. The van der Waals surface area contributed by atoms with Crippen LogP contribution in [0.1, 0.15) is 35.1 Å². The summed E-state index contributed by atoms with van der Waals surface area (Å²) in [5, 5.41) is 2.63. The lowest BCUT2D eigenvalue weighted by Gasteiger charge is -2.23. The SMILES string of the molecule is CC1(c2ccc3ccccc3c2C2c3ccccc3-c3ccccc32)CO1. The molecule has 27 heavy (non-hydrogen) atoms. The van der Waals surface area contributed by atoms with Crippen molar-refractivity contribution in [3.63, 3.8) is 0 Å². The first kappa shape index (κ1) is 15.2. The molecule has 0 radical (unpaired) electrons. The molecule has 0 N–H and O–H groups in total. The molecule has 1 heteroatoms. The van der Waals surface area contributed by atoms with Gasteiger partial charge >= 0.3 is 0 Å². The second-order valence-electron chi connectivity index (χ2n) is 7.87. The monoisotopic (exact) mass is 348 g/mol. The molecule has 0 spiro atoms. The van der Waals surface area contributed by atoms with Crippen LogP contribution < -0.4 is 0 Å². The van der Waals surface area contributed by atoms with Crippen molar-refractivity contribution < 1.29 is 4.74 Å². The van der Waals surface area contributed by atoms with Crippen LogP contribution in [0.5, 0.6) is 0 Å². The molecular weight excluding hydrogens is 328 g/mol. The van der Waals surface area contributed by atoms with Crippen LogP contribution in [-0.4, -0.2) is 6.61 Å². The van der Waals surface area contributed by atoms with E-state index in [1.54, 1.807) is 0 Å². The van der Waals surface area contributed by atoms with E-state index in [1.807, 2.05) is 0 Å². The molecule has 4 aromatic carbocycles. The Morgan fingerprint density at radius 2 is 1.33 bits per heavy atom. The summed E-state index contributed by atoms with van der Waals surface area (Å²) >= 11 is 0. The van der Waals surface area contributed by atoms with E-state index in [0.29, 0.717) is 0 Å². The van der Waals surface area contributed by atoms with Gasteiger partial charge in [0.05, 0.1) is 6.61 Å². The maximum absolute atomic E-state index is 5.91. The molecule has 4 aromatic rings. The molecule has 1 heterocycles. The number of hydrogen-bond acceptors (Lipinski definition) is 1. The number of hydrogen-bond donors (Lipinski definition) is 0. The van der Waals surface area contributed by atoms with Crippen molar-refractivity contribution in [3.8, 4) is 11.1 Å². The van der Waals surface area contributed by atoms with Gasteiger partial charge in [0.1, 0.15) is 5.60 Å². The Morgan fingerprint density at radius 3 is 2.00 bits per heavy atom. The minimum Gasteiger partial charge on any atom is -0.365 e. The predicted octanol–water partition coefficient (Wildman–Crippen LogP) is 6.25. The number of benzene rings is 4. The van der Waals surface area contributed by atoms with E-state index in [4.69, 9.17) is 4.74 Å². The largest absolute Gasteiger partial charge is 0.365 e. The van der Waals surface area contributed by atoms with Crippen molar-refractivity contribution in [3.05, 3.63) is 107 Å². The van der Waals surface area contributed by atoms with Gasteiger partial charge in [-0.25, -0.2) is 0 Å². The Balaban J connectivity index is 1.74. The third-order valence-electron chi connectivity index (χ3n) is 6.24. The molecule has 2 aliphatic rings. The zero-order valence-electron chi connectivity index (χ0n) is 15.3. The number of ether oxygens (including phenoxy) is 1. The van der Waals surface area contributed by atoms with Crippen LogP contribution >= 0.6 is 0 Å². The van der Waals surface area contributed by atoms with Gasteiger partial charge in [0.25, 0.3) is 0 Å². The summed E-state index contributed by atoms with van der Waals surface area (Å²) in [5.41, 5.74) is 8.10. The van der Waals surface area contributed by atoms with Crippen molar-refractivity contribution in [2.75, 3.05) is 6.61 Å². The smallest absolute Gasteiger partial charge is 0.114 e. The number of epoxide rings is 1. The first-order valence-corrected chi connectivity index (χ1v) is 9.61. The van der Waals surface area contributed by atoms with Crippen LogP contribution in [0.25, 0.3) is 21.9 Å². The molecule has 1 aliphatic carbocycles. The molecule has 0 aromatic heterocycles. The second kappa shape index (κ2) is 5.31. The van der Waals surface area contributed by atoms with E-state index in [9.17, 15) is 0 Å². The molecule has 0 amide bonds. The van der Waals surface area contributed by atoms with Gasteiger partial charge < -0.3 is 4.74 Å². The highest BCUT2D eigenvalue weighted by Crippen LogP contribution is 2.53. The Kier molecular flexibility index (Phi) is 2.99. The first-order valence-electron chi connectivity index (χ1n) is 9.61. The first-order chi connectivity index (χ1) is 13.3. The molecule has 6 rings (SSSR count). The lowest BCUT2D eigenvalue weighted by molar-refractivity contribution is 0.328. The summed E-state index contributed by atoms with van der Waals surface area (Å²) < 4.78 is 5.91. The molecule has 130 valence electrons. The van der Waals surface area contributed by atoms with Crippen molar-refractivity contribution >= 4 is 10.8 Å². The lowest BCUT2D eigenvalue weighted by atomic mass is 9.80. The Labute approximate surface area is 159 Å². The van der Waals surface area contributed by atoms with E-state index in [-0.39, 0.29) is 11.5 Å². The average Bonchev–Trinajstić information content (AvgIpc) is 3.38. The summed E-state index contributed by atoms with van der Waals surface area (Å²) in [6.45, 7) is 3.02. The molecule has 1 aliphatic heterocycles. The molecule has 1 fully saturated rings. The molecule has 1 saturated heterocycles. The normalized spacial score (nSPS) is 20.5. The number of rotatable bonds is 2. The topological polar surface area (TPSA) is 12.5 Å². The van der Waals surface area contributed by atoms with Crippen molar-refractivity contribution in [2.45, 2.75) is 18.4 Å². The third-order valence-corrected chi connectivity index (χ3v) is 6.24. The summed E-state index contributed by atoms with van der Waals surface area (Å²) in [6.07, 6.45) is 0. The van der Waals surface area contributed by atoms with Crippen molar-refractivity contribution in [1.82, 2.24) is 0 Å². The summed E-state index contributed by atoms with van der Waals surface area (Å²) in [6, 6.07) is 31.0. The minimum absolute atomic E-state index is 0.161. The second-order valence-corrected chi connectivity index (χ2v) is 7.87. The quantitative estimate of drug-likeness (QED) is 0.344. The Hall–Kier alpha value is -2.90. The van der Waals surface area contributed by atoms with Gasteiger partial charge in [-0.1, -0.05) is 84.9 Å². The van der Waals surface area contributed by atoms with Gasteiger partial charge in [-0.15, -0.1) is 0 Å². The van der Waals surface area contributed by atoms with Gasteiger partial charge in [0, 0.05) is 5.92 Å². The van der Waals surface area contributed by atoms with E-state index < -0.39 is 0 Å². The predicted molar refractivity (Wildman–Crippen MR) is 110 cm³/mol. The van der Waals surface area contributed by atoms with E-state index in [0.717, 1.165) is 6.61 Å². The van der Waals surface area contributed by atoms with Gasteiger partial charge in [-0.3, -0.25) is 0 Å².